The number of aromatic nitrogens is 1. The van der Waals surface area contributed by atoms with Crippen LogP contribution in [0.15, 0.2) is 76.6 Å². The van der Waals surface area contributed by atoms with E-state index in [0.717, 1.165) is 10.3 Å². The van der Waals surface area contributed by atoms with Gasteiger partial charge in [0.2, 0.25) is 10.0 Å². The summed E-state index contributed by atoms with van der Waals surface area (Å²) in [6.45, 7) is 3.54. The molecule has 1 amide bonds. The number of hydrogen-bond acceptors (Lipinski definition) is 5. The summed E-state index contributed by atoms with van der Waals surface area (Å²) in [7, 11) is -2.21. The van der Waals surface area contributed by atoms with Crippen LogP contribution >= 0.6 is 34.5 Å². The van der Waals surface area contributed by atoms with E-state index in [1.54, 1.807) is 6.07 Å². The number of ether oxygens (including phenoxy) is 1. The molecule has 1 heterocycles. The highest BCUT2D eigenvalue weighted by atomic mass is 35.5. The smallest absolute Gasteiger partial charge is 0.279 e. The van der Waals surface area contributed by atoms with Gasteiger partial charge in [-0.2, -0.15) is 9.30 Å². The van der Waals surface area contributed by atoms with E-state index in [4.69, 9.17) is 27.9 Å². The molecule has 0 aliphatic heterocycles. The van der Waals surface area contributed by atoms with E-state index in [1.807, 2.05) is 47.9 Å². The number of nitrogens with zero attached hydrogens (tertiary/aromatic N) is 3. The first kappa shape index (κ1) is 27.5. The second-order valence-electron chi connectivity index (χ2n) is 8.13. The molecule has 0 fully saturated rings. The van der Waals surface area contributed by atoms with Crippen molar-refractivity contribution in [1.82, 2.24) is 8.87 Å². The molecule has 11 heteroatoms. The average Bonchev–Trinajstić information content (AvgIpc) is 3.24. The van der Waals surface area contributed by atoms with Crippen LogP contribution in [0.2, 0.25) is 10.0 Å². The SMILES string of the molecule is CCOCCn1c(=NC(=O)c2ccc(S(=O)(=O)N(C)Cc3ccccc3)cc2)sc2ccc(Cl)c(Cl)c21. The molecule has 1 aromatic heterocycles. The van der Waals surface area contributed by atoms with Gasteiger partial charge in [-0.25, -0.2) is 8.42 Å². The molecule has 0 bridgehead atoms. The summed E-state index contributed by atoms with van der Waals surface area (Å²) in [4.78, 5) is 17.9. The number of benzene rings is 3. The summed E-state index contributed by atoms with van der Waals surface area (Å²) < 4.78 is 35.5. The van der Waals surface area contributed by atoms with Crippen LogP contribution in [0.3, 0.4) is 0 Å². The zero-order chi connectivity index (χ0) is 26.6. The van der Waals surface area contributed by atoms with Crippen LogP contribution in [-0.4, -0.2) is 43.5 Å². The van der Waals surface area contributed by atoms with Crippen LogP contribution in [0.5, 0.6) is 0 Å². The van der Waals surface area contributed by atoms with Crippen molar-refractivity contribution >= 4 is 60.7 Å². The van der Waals surface area contributed by atoms with Gasteiger partial charge in [-0.15, -0.1) is 0 Å². The van der Waals surface area contributed by atoms with Crippen molar-refractivity contribution in [1.29, 1.82) is 0 Å². The number of hydrogen-bond donors (Lipinski definition) is 0. The highest BCUT2D eigenvalue weighted by Crippen LogP contribution is 2.32. The van der Waals surface area contributed by atoms with Gasteiger partial charge in [-0.05, 0) is 48.9 Å². The quantitative estimate of drug-likeness (QED) is 0.242. The van der Waals surface area contributed by atoms with Crippen molar-refractivity contribution in [2.75, 3.05) is 20.3 Å². The van der Waals surface area contributed by atoms with Crippen molar-refractivity contribution in [2.24, 2.45) is 4.99 Å². The number of amides is 1. The molecule has 0 spiro atoms. The zero-order valence-electron chi connectivity index (χ0n) is 20.2. The van der Waals surface area contributed by atoms with Crippen molar-refractivity contribution in [3.05, 3.63) is 92.7 Å². The Bertz CT molecular complexity index is 1580. The van der Waals surface area contributed by atoms with Gasteiger partial charge >= 0.3 is 0 Å². The molecule has 0 aliphatic rings. The minimum absolute atomic E-state index is 0.0949. The minimum Gasteiger partial charge on any atom is -0.380 e. The van der Waals surface area contributed by atoms with E-state index >= 15 is 0 Å². The Hall–Kier alpha value is -2.53. The third-order valence-electron chi connectivity index (χ3n) is 5.65. The van der Waals surface area contributed by atoms with E-state index in [-0.39, 0.29) is 17.0 Å². The fourth-order valence-electron chi connectivity index (χ4n) is 3.72. The van der Waals surface area contributed by atoms with Gasteiger partial charge < -0.3 is 9.30 Å². The van der Waals surface area contributed by atoms with Gasteiger partial charge in [0.25, 0.3) is 5.91 Å². The molecule has 0 atom stereocenters. The minimum atomic E-state index is -3.74. The molecule has 7 nitrogen and oxygen atoms in total. The predicted octanol–water partition coefficient (Wildman–Crippen LogP) is 5.61. The number of thiazole rings is 1. The van der Waals surface area contributed by atoms with Crippen molar-refractivity contribution < 1.29 is 17.9 Å². The maximum atomic E-state index is 13.0. The number of carbonyl (C=O) groups excluding carboxylic acids is 1. The first-order valence-electron chi connectivity index (χ1n) is 11.5. The summed E-state index contributed by atoms with van der Waals surface area (Å²) in [5.41, 5.74) is 1.83. The van der Waals surface area contributed by atoms with Gasteiger partial charge in [0.1, 0.15) is 0 Å². The highest BCUT2D eigenvalue weighted by Gasteiger charge is 2.21. The maximum Gasteiger partial charge on any atom is 0.279 e. The second-order valence-corrected chi connectivity index (χ2v) is 12.0. The lowest BCUT2D eigenvalue weighted by atomic mass is 10.2. The third-order valence-corrected chi connectivity index (χ3v) is 9.31. The molecule has 4 rings (SSSR count). The van der Waals surface area contributed by atoms with Crippen LogP contribution in [0.1, 0.15) is 22.8 Å². The molecule has 4 aromatic rings. The van der Waals surface area contributed by atoms with Gasteiger partial charge in [0, 0.05) is 32.3 Å². The van der Waals surface area contributed by atoms with E-state index in [2.05, 4.69) is 4.99 Å². The molecular weight excluding hydrogens is 553 g/mol. The number of rotatable bonds is 9. The van der Waals surface area contributed by atoms with Gasteiger partial charge in [0.05, 0.1) is 31.8 Å². The molecule has 0 saturated heterocycles. The standard InChI is InChI=1S/C26H25Cl2N3O4S2/c1-3-35-16-15-31-24-22(14-13-21(27)23(24)28)36-26(31)29-25(32)19-9-11-20(12-10-19)37(33,34)30(2)17-18-7-5-4-6-8-18/h4-14H,3,15-17H2,1-2H3. The first-order chi connectivity index (χ1) is 17.7. The molecule has 0 radical (unpaired) electrons. The Balaban J connectivity index is 1.62. The summed E-state index contributed by atoms with van der Waals surface area (Å²) in [5, 5.41) is 0.791. The van der Waals surface area contributed by atoms with Gasteiger partial charge in [0.15, 0.2) is 4.80 Å². The molecule has 0 N–H and O–H groups in total. The van der Waals surface area contributed by atoms with Crippen molar-refractivity contribution in [2.45, 2.75) is 24.9 Å². The zero-order valence-corrected chi connectivity index (χ0v) is 23.4. The third kappa shape index (κ3) is 6.14. The highest BCUT2D eigenvalue weighted by molar-refractivity contribution is 7.89. The van der Waals surface area contributed by atoms with Crippen LogP contribution < -0.4 is 4.80 Å². The van der Waals surface area contributed by atoms with E-state index in [0.29, 0.717) is 40.1 Å². The average molecular weight is 579 g/mol. The molecule has 0 unspecified atom stereocenters. The number of carbonyl (C=O) groups is 1. The monoisotopic (exact) mass is 577 g/mol. The fraction of sp³-hybridized carbons (Fsp3) is 0.231. The Morgan fingerprint density at radius 3 is 2.43 bits per heavy atom. The lowest BCUT2D eigenvalue weighted by Crippen LogP contribution is -2.26. The van der Waals surface area contributed by atoms with Crippen LogP contribution in [0, 0.1) is 0 Å². The van der Waals surface area contributed by atoms with Crippen molar-refractivity contribution in [3.8, 4) is 0 Å². The van der Waals surface area contributed by atoms with E-state index < -0.39 is 15.9 Å². The number of sulfonamides is 1. The van der Waals surface area contributed by atoms with Crippen LogP contribution in [-0.2, 0) is 27.8 Å². The molecule has 0 aliphatic carbocycles. The lowest BCUT2D eigenvalue weighted by molar-refractivity contribution is 0.0996. The molecule has 3 aromatic carbocycles. The van der Waals surface area contributed by atoms with E-state index in [1.165, 1.54) is 47.0 Å². The Morgan fingerprint density at radius 1 is 1.05 bits per heavy atom. The number of halogens is 2. The normalized spacial score (nSPS) is 12.5. The Kier molecular flexibility index (Phi) is 8.84. The summed E-state index contributed by atoms with van der Waals surface area (Å²) >= 11 is 14.0. The predicted molar refractivity (Wildman–Crippen MR) is 148 cm³/mol. The summed E-state index contributed by atoms with van der Waals surface area (Å²) in [6, 6.07) is 18.6. The molecule has 194 valence electrons. The van der Waals surface area contributed by atoms with E-state index in [9.17, 15) is 13.2 Å². The molecular formula is C26H25Cl2N3O4S2. The summed E-state index contributed by atoms with van der Waals surface area (Å²) in [6.07, 6.45) is 0. The molecule has 0 saturated carbocycles. The first-order valence-corrected chi connectivity index (χ1v) is 14.5. The Labute approximate surface area is 229 Å². The van der Waals surface area contributed by atoms with Crippen LogP contribution in [0.4, 0.5) is 0 Å². The topological polar surface area (TPSA) is 81.0 Å². The Morgan fingerprint density at radius 2 is 1.76 bits per heavy atom. The van der Waals surface area contributed by atoms with Gasteiger partial charge in [-0.3, -0.25) is 4.79 Å². The lowest BCUT2D eigenvalue weighted by Gasteiger charge is -2.17. The largest absolute Gasteiger partial charge is 0.380 e. The maximum absolute atomic E-state index is 13.0. The van der Waals surface area contributed by atoms with Crippen molar-refractivity contribution in [3.63, 3.8) is 0 Å². The fourth-order valence-corrected chi connectivity index (χ4v) is 6.42. The number of fused-ring (bicyclic) bond motifs is 1. The summed E-state index contributed by atoms with van der Waals surface area (Å²) in [5.74, 6) is -0.500. The second kappa shape index (κ2) is 11.9. The van der Waals surface area contributed by atoms with Crippen LogP contribution in [0.25, 0.3) is 10.2 Å². The van der Waals surface area contributed by atoms with Gasteiger partial charge in [-0.1, -0.05) is 64.9 Å². The molecule has 37 heavy (non-hydrogen) atoms.